The molecule has 110 valence electrons. The third-order valence-electron chi connectivity index (χ3n) is 2.57. The number of unbranched alkanes of at least 4 members (excludes halogenated alkanes) is 1. The van der Waals surface area contributed by atoms with E-state index in [-0.39, 0.29) is 12.5 Å². The monoisotopic (exact) mass is 295 g/mol. The summed E-state index contributed by atoms with van der Waals surface area (Å²) in [6.45, 7) is 3.97. The van der Waals surface area contributed by atoms with Gasteiger partial charge in [0.2, 0.25) is 0 Å². The molecule has 1 heterocycles. The smallest absolute Gasteiger partial charge is 0.262 e. The quantitative estimate of drug-likeness (QED) is 0.570. The molecule has 20 heavy (non-hydrogen) atoms. The molecule has 0 atom stereocenters. The maximum atomic E-state index is 12.0. The summed E-state index contributed by atoms with van der Waals surface area (Å²) in [4.78, 5) is 12.5. The van der Waals surface area contributed by atoms with Gasteiger partial charge in [0.25, 0.3) is 5.91 Å². The molecule has 0 radical (unpaired) electrons. The lowest BCUT2D eigenvalue weighted by Gasteiger charge is -2.05. The van der Waals surface area contributed by atoms with Gasteiger partial charge in [-0.3, -0.25) is 4.79 Å². The first-order chi connectivity index (χ1) is 9.79. The fraction of sp³-hybridized carbons (Fsp3) is 0.533. The van der Waals surface area contributed by atoms with Crippen molar-refractivity contribution in [1.82, 2.24) is 5.32 Å². The molecule has 0 saturated heterocycles. The van der Waals surface area contributed by atoms with Crippen molar-refractivity contribution in [2.45, 2.75) is 26.2 Å². The first kappa shape index (κ1) is 16.7. The van der Waals surface area contributed by atoms with E-state index in [1.807, 2.05) is 5.38 Å². The van der Waals surface area contributed by atoms with Gasteiger partial charge in [0, 0.05) is 25.3 Å². The van der Waals surface area contributed by atoms with Crippen molar-refractivity contribution in [3.05, 3.63) is 21.9 Å². The highest BCUT2D eigenvalue weighted by Gasteiger charge is 2.10. The van der Waals surface area contributed by atoms with Gasteiger partial charge in [-0.1, -0.05) is 25.2 Å². The largest absolute Gasteiger partial charge is 0.384 e. The lowest BCUT2D eigenvalue weighted by molar-refractivity contribution is 0.0944. The van der Waals surface area contributed by atoms with E-state index in [4.69, 9.17) is 9.84 Å². The van der Waals surface area contributed by atoms with Crippen LogP contribution in [0.25, 0.3) is 0 Å². The summed E-state index contributed by atoms with van der Waals surface area (Å²) in [5.74, 6) is 5.21. The van der Waals surface area contributed by atoms with Gasteiger partial charge in [0.05, 0.1) is 0 Å². The first-order valence-electron chi connectivity index (χ1n) is 6.82. The standard InChI is InChI=1S/C15H21NO3S/c1-2-3-10-19-11-5-8-16-15(18)14-13(6-4-9-17)7-12-20-14/h7,12,17H,2-3,5,8-11H2,1H3,(H,16,18). The average molecular weight is 295 g/mol. The van der Waals surface area contributed by atoms with E-state index >= 15 is 0 Å². The molecule has 5 heteroatoms. The molecule has 0 aromatic carbocycles. The molecule has 2 N–H and O–H groups in total. The Bertz CT molecular complexity index is 459. The Morgan fingerprint density at radius 1 is 1.45 bits per heavy atom. The Morgan fingerprint density at radius 3 is 3.00 bits per heavy atom. The molecular weight excluding hydrogens is 274 g/mol. The van der Waals surface area contributed by atoms with Crippen molar-refractivity contribution < 1.29 is 14.6 Å². The van der Waals surface area contributed by atoms with Gasteiger partial charge in [-0.25, -0.2) is 0 Å². The normalized spacial score (nSPS) is 9.90. The van der Waals surface area contributed by atoms with Crippen LogP contribution >= 0.6 is 11.3 Å². The summed E-state index contributed by atoms with van der Waals surface area (Å²) in [5.41, 5.74) is 0.667. The first-order valence-corrected chi connectivity index (χ1v) is 7.70. The van der Waals surface area contributed by atoms with Crippen molar-refractivity contribution in [3.8, 4) is 11.8 Å². The van der Waals surface area contributed by atoms with E-state index in [9.17, 15) is 4.79 Å². The minimum absolute atomic E-state index is 0.115. The molecule has 1 amide bonds. The third kappa shape index (κ3) is 6.20. The Kier molecular flexibility index (Phi) is 8.72. The summed E-state index contributed by atoms with van der Waals surface area (Å²) in [5, 5.41) is 13.3. The van der Waals surface area contributed by atoms with Crippen LogP contribution in [-0.2, 0) is 4.74 Å². The zero-order valence-corrected chi connectivity index (χ0v) is 12.6. The maximum Gasteiger partial charge on any atom is 0.262 e. The van der Waals surface area contributed by atoms with E-state index in [1.54, 1.807) is 6.07 Å². The fourth-order valence-electron chi connectivity index (χ4n) is 1.52. The maximum absolute atomic E-state index is 12.0. The molecule has 4 nitrogen and oxygen atoms in total. The Labute approximate surface area is 124 Å². The van der Waals surface area contributed by atoms with Gasteiger partial charge in [-0.15, -0.1) is 11.3 Å². The molecule has 0 unspecified atom stereocenters. The molecule has 0 saturated carbocycles. The van der Waals surface area contributed by atoms with Crippen LogP contribution in [0.15, 0.2) is 11.4 Å². The highest BCUT2D eigenvalue weighted by molar-refractivity contribution is 7.12. The number of aliphatic hydroxyl groups excluding tert-OH is 1. The number of carbonyl (C=O) groups excluding carboxylic acids is 1. The second-order valence-corrected chi connectivity index (χ2v) is 5.11. The number of thiophene rings is 1. The van der Waals surface area contributed by atoms with Crippen LogP contribution in [0.2, 0.25) is 0 Å². The summed E-state index contributed by atoms with van der Waals surface area (Å²) >= 11 is 1.36. The van der Waals surface area contributed by atoms with E-state index in [0.717, 1.165) is 25.9 Å². The van der Waals surface area contributed by atoms with Crippen LogP contribution in [0.4, 0.5) is 0 Å². The number of nitrogens with one attached hydrogen (secondary N) is 1. The van der Waals surface area contributed by atoms with Crippen LogP contribution in [-0.4, -0.2) is 37.4 Å². The van der Waals surface area contributed by atoms with Gasteiger partial charge >= 0.3 is 0 Å². The summed E-state index contributed by atoms with van der Waals surface area (Å²) in [6.07, 6.45) is 3.01. The van der Waals surface area contributed by atoms with Crippen molar-refractivity contribution in [3.63, 3.8) is 0 Å². The predicted octanol–water partition coefficient (Wildman–Crippen LogP) is 2.03. The molecule has 0 aliphatic heterocycles. The highest BCUT2D eigenvalue weighted by Crippen LogP contribution is 2.15. The van der Waals surface area contributed by atoms with Crippen LogP contribution in [0, 0.1) is 11.8 Å². The van der Waals surface area contributed by atoms with Gasteiger partial charge in [0.1, 0.15) is 11.5 Å². The molecule has 0 spiro atoms. The lowest BCUT2D eigenvalue weighted by Crippen LogP contribution is -2.25. The van der Waals surface area contributed by atoms with Crippen LogP contribution in [0.5, 0.6) is 0 Å². The minimum Gasteiger partial charge on any atom is -0.384 e. The molecular formula is C15H21NO3S. The molecule has 0 aliphatic rings. The lowest BCUT2D eigenvalue weighted by atomic mass is 10.2. The molecule has 0 aliphatic carbocycles. The van der Waals surface area contributed by atoms with E-state index < -0.39 is 0 Å². The summed E-state index contributed by atoms with van der Waals surface area (Å²) in [6, 6.07) is 1.79. The third-order valence-corrected chi connectivity index (χ3v) is 3.48. The SMILES string of the molecule is CCCCOCCCNC(=O)c1sccc1C#CCO. The molecule has 1 rings (SSSR count). The minimum atomic E-state index is -0.202. The summed E-state index contributed by atoms with van der Waals surface area (Å²) in [7, 11) is 0. The van der Waals surface area contributed by atoms with Crippen molar-refractivity contribution in [1.29, 1.82) is 0 Å². The number of aliphatic hydroxyl groups is 1. The van der Waals surface area contributed by atoms with Crippen molar-refractivity contribution >= 4 is 17.2 Å². The van der Waals surface area contributed by atoms with E-state index in [1.165, 1.54) is 11.3 Å². The summed E-state index contributed by atoms with van der Waals surface area (Å²) < 4.78 is 5.42. The van der Waals surface area contributed by atoms with Crippen LogP contribution in [0.1, 0.15) is 41.4 Å². The number of hydrogen-bond donors (Lipinski definition) is 2. The molecule has 1 aromatic rings. The second-order valence-electron chi connectivity index (χ2n) is 4.20. The Morgan fingerprint density at radius 2 is 2.25 bits per heavy atom. The predicted molar refractivity (Wildman–Crippen MR) is 81.0 cm³/mol. The van der Waals surface area contributed by atoms with Crippen LogP contribution in [0.3, 0.4) is 0 Å². The zero-order chi connectivity index (χ0) is 14.6. The Hall–Kier alpha value is -1.35. The highest BCUT2D eigenvalue weighted by atomic mass is 32.1. The average Bonchev–Trinajstić information content (AvgIpc) is 2.92. The van der Waals surface area contributed by atoms with E-state index in [2.05, 4.69) is 24.1 Å². The molecule has 0 fully saturated rings. The molecule has 1 aromatic heterocycles. The number of amides is 1. The van der Waals surface area contributed by atoms with Crippen molar-refractivity contribution in [2.75, 3.05) is 26.4 Å². The van der Waals surface area contributed by atoms with Crippen molar-refractivity contribution in [2.24, 2.45) is 0 Å². The van der Waals surface area contributed by atoms with Gasteiger partial charge in [0.15, 0.2) is 0 Å². The zero-order valence-electron chi connectivity index (χ0n) is 11.8. The second kappa shape index (κ2) is 10.4. The number of hydrogen-bond acceptors (Lipinski definition) is 4. The van der Waals surface area contributed by atoms with Gasteiger partial charge < -0.3 is 15.2 Å². The van der Waals surface area contributed by atoms with Gasteiger partial charge in [-0.05, 0) is 24.3 Å². The number of rotatable bonds is 8. The van der Waals surface area contributed by atoms with E-state index in [0.29, 0.717) is 23.6 Å². The fourth-order valence-corrected chi connectivity index (χ4v) is 2.29. The van der Waals surface area contributed by atoms with Gasteiger partial charge in [-0.2, -0.15) is 0 Å². The number of ether oxygens (including phenoxy) is 1. The van der Waals surface area contributed by atoms with Crippen LogP contribution < -0.4 is 5.32 Å². The topological polar surface area (TPSA) is 58.6 Å². The Balaban J connectivity index is 2.27. The number of carbonyl (C=O) groups is 1. The molecule has 0 bridgehead atoms.